The summed E-state index contributed by atoms with van der Waals surface area (Å²) < 4.78 is 25.9. The minimum absolute atomic E-state index is 0.0670. The minimum atomic E-state index is -0.554. The van der Waals surface area contributed by atoms with Crippen LogP contribution < -0.4 is 11.1 Å². The van der Waals surface area contributed by atoms with Crippen molar-refractivity contribution in [2.45, 2.75) is 19.4 Å². The van der Waals surface area contributed by atoms with Crippen LogP contribution in [0.2, 0.25) is 5.02 Å². The Bertz CT molecular complexity index is 694. The Kier molecular flexibility index (Phi) is 5.63. The van der Waals surface area contributed by atoms with E-state index in [4.69, 9.17) is 17.3 Å². The van der Waals surface area contributed by atoms with Crippen molar-refractivity contribution < 1.29 is 13.6 Å². The summed E-state index contributed by atoms with van der Waals surface area (Å²) in [7, 11) is 0. The van der Waals surface area contributed by atoms with E-state index in [1.165, 1.54) is 30.3 Å². The van der Waals surface area contributed by atoms with Gasteiger partial charge in [0, 0.05) is 17.6 Å². The van der Waals surface area contributed by atoms with E-state index in [-0.39, 0.29) is 10.9 Å². The molecule has 0 fully saturated rings. The van der Waals surface area contributed by atoms with Gasteiger partial charge in [-0.1, -0.05) is 18.5 Å². The summed E-state index contributed by atoms with van der Waals surface area (Å²) in [6, 6.07) is 6.21. The van der Waals surface area contributed by atoms with Gasteiger partial charge in [-0.05, 0) is 36.8 Å². The van der Waals surface area contributed by atoms with Gasteiger partial charge in [0.15, 0.2) is 0 Å². The van der Waals surface area contributed by atoms with Gasteiger partial charge in [0.25, 0.3) is 0 Å². The quantitative estimate of drug-likeness (QED) is 0.873. The second kappa shape index (κ2) is 7.48. The molecule has 2 rings (SSSR count). The summed E-state index contributed by atoms with van der Waals surface area (Å²) in [6.45, 7) is 1.71. The number of aromatic nitrogens is 1. The van der Waals surface area contributed by atoms with Gasteiger partial charge in [-0.25, -0.2) is 8.78 Å². The van der Waals surface area contributed by atoms with Crippen LogP contribution in [0.5, 0.6) is 0 Å². The fraction of sp³-hybridized carbons (Fsp3) is 0.250. The molecule has 2 unspecified atom stereocenters. The Morgan fingerprint density at radius 2 is 2.09 bits per heavy atom. The number of nitrogens with zero attached hydrogens (tertiary/aromatic N) is 1. The van der Waals surface area contributed by atoms with Gasteiger partial charge in [-0.2, -0.15) is 0 Å². The van der Waals surface area contributed by atoms with Gasteiger partial charge < -0.3 is 11.1 Å². The van der Waals surface area contributed by atoms with E-state index in [1.807, 2.05) is 0 Å². The monoisotopic (exact) mass is 339 g/mol. The number of rotatable bonds is 5. The molecule has 0 aliphatic rings. The molecule has 0 bridgehead atoms. The normalized spacial score (nSPS) is 13.4. The molecule has 2 atom stereocenters. The Balaban J connectivity index is 1.96. The molecule has 0 aliphatic carbocycles. The van der Waals surface area contributed by atoms with Gasteiger partial charge in [0.1, 0.15) is 11.6 Å². The summed E-state index contributed by atoms with van der Waals surface area (Å²) >= 11 is 5.67. The van der Waals surface area contributed by atoms with E-state index in [1.54, 1.807) is 6.92 Å². The number of nitrogens with two attached hydrogens (primary N) is 1. The molecule has 23 heavy (non-hydrogen) atoms. The minimum Gasteiger partial charge on any atom is -0.326 e. The van der Waals surface area contributed by atoms with Crippen LogP contribution in [0.4, 0.5) is 14.5 Å². The summed E-state index contributed by atoms with van der Waals surface area (Å²) in [5, 5.41) is 2.58. The van der Waals surface area contributed by atoms with E-state index in [9.17, 15) is 13.6 Å². The van der Waals surface area contributed by atoms with E-state index < -0.39 is 23.6 Å². The highest BCUT2D eigenvalue weighted by molar-refractivity contribution is 6.31. The zero-order chi connectivity index (χ0) is 17.0. The van der Waals surface area contributed by atoms with Gasteiger partial charge in [-0.15, -0.1) is 0 Å². The first kappa shape index (κ1) is 17.3. The number of benzene rings is 1. The first-order valence-corrected chi connectivity index (χ1v) is 7.37. The summed E-state index contributed by atoms with van der Waals surface area (Å²) in [5.41, 5.74) is 6.90. The van der Waals surface area contributed by atoms with Crippen LogP contribution in [-0.4, -0.2) is 10.9 Å². The molecule has 7 heteroatoms. The van der Waals surface area contributed by atoms with Crippen LogP contribution in [0.25, 0.3) is 0 Å². The average molecular weight is 340 g/mol. The van der Waals surface area contributed by atoms with Gasteiger partial charge in [0.2, 0.25) is 5.91 Å². The van der Waals surface area contributed by atoms with Crippen molar-refractivity contribution in [2.75, 3.05) is 5.32 Å². The Morgan fingerprint density at radius 1 is 1.35 bits per heavy atom. The highest BCUT2D eigenvalue weighted by Crippen LogP contribution is 2.22. The first-order valence-electron chi connectivity index (χ1n) is 6.99. The zero-order valence-corrected chi connectivity index (χ0v) is 13.1. The van der Waals surface area contributed by atoms with Gasteiger partial charge in [0.05, 0.1) is 16.9 Å². The van der Waals surface area contributed by atoms with Crippen LogP contribution in [0.3, 0.4) is 0 Å². The van der Waals surface area contributed by atoms with Crippen molar-refractivity contribution in [3.8, 4) is 0 Å². The second-order valence-corrected chi connectivity index (χ2v) is 5.67. The largest absolute Gasteiger partial charge is 0.326 e. The first-order chi connectivity index (χ1) is 10.9. The van der Waals surface area contributed by atoms with Crippen LogP contribution >= 0.6 is 11.6 Å². The highest BCUT2D eigenvalue weighted by atomic mass is 35.5. The molecule has 0 aliphatic heterocycles. The van der Waals surface area contributed by atoms with E-state index in [2.05, 4.69) is 10.3 Å². The maximum atomic E-state index is 13.1. The third-order valence-corrected chi connectivity index (χ3v) is 3.66. The number of carbonyl (C=O) groups excluding carboxylic acids is 1. The standard InChI is InChI=1S/C16H16ClF2N3O/c1-9(6-14(20)15-5-2-10(18)8-21-15)16(23)22-11-3-4-13(19)12(17)7-11/h2-5,7-9,14H,6,20H2,1H3,(H,22,23). The molecule has 1 amide bonds. The molecule has 0 saturated heterocycles. The number of hydrogen-bond acceptors (Lipinski definition) is 3. The number of amides is 1. The number of hydrogen-bond donors (Lipinski definition) is 2. The lowest BCUT2D eigenvalue weighted by atomic mass is 9.99. The number of halogens is 3. The Labute approximate surface area is 137 Å². The summed E-state index contributed by atoms with van der Waals surface area (Å²) in [4.78, 5) is 16.1. The molecule has 2 aromatic rings. The average Bonchev–Trinajstić information content (AvgIpc) is 2.51. The van der Waals surface area contributed by atoms with Crippen molar-refractivity contribution in [3.63, 3.8) is 0 Å². The molecule has 1 aromatic carbocycles. The van der Waals surface area contributed by atoms with Crippen molar-refractivity contribution in [2.24, 2.45) is 11.7 Å². The van der Waals surface area contributed by atoms with Gasteiger partial charge >= 0.3 is 0 Å². The van der Waals surface area contributed by atoms with E-state index in [0.717, 1.165) is 6.20 Å². The molecule has 1 aromatic heterocycles. The molecule has 122 valence electrons. The van der Waals surface area contributed by atoms with Gasteiger partial charge in [-0.3, -0.25) is 9.78 Å². The molecule has 0 spiro atoms. The fourth-order valence-electron chi connectivity index (χ4n) is 2.05. The summed E-state index contributed by atoms with van der Waals surface area (Å²) in [6.07, 6.45) is 1.42. The Hall–Kier alpha value is -2.05. The molecule has 0 saturated carbocycles. The van der Waals surface area contributed by atoms with Crippen molar-refractivity contribution in [3.05, 3.63) is 58.9 Å². The van der Waals surface area contributed by atoms with E-state index in [0.29, 0.717) is 17.8 Å². The number of pyridine rings is 1. The molecule has 0 radical (unpaired) electrons. The smallest absolute Gasteiger partial charge is 0.227 e. The van der Waals surface area contributed by atoms with Crippen LogP contribution in [-0.2, 0) is 4.79 Å². The lowest BCUT2D eigenvalue weighted by Crippen LogP contribution is -2.25. The topological polar surface area (TPSA) is 68.0 Å². The molecule has 1 heterocycles. The lowest BCUT2D eigenvalue weighted by Gasteiger charge is -2.17. The maximum Gasteiger partial charge on any atom is 0.227 e. The summed E-state index contributed by atoms with van der Waals surface area (Å²) in [5.74, 6) is -1.69. The highest BCUT2D eigenvalue weighted by Gasteiger charge is 2.19. The van der Waals surface area contributed by atoms with Crippen LogP contribution in [0, 0.1) is 17.6 Å². The SMILES string of the molecule is CC(CC(N)c1ccc(F)cn1)C(=O)Nc1ccc(F)c(Cl)c1. The van der Waals surface area contributed by atoms with Crippen molar-refractivity contribution in [1.29, 1.82) is 0 Å². The molecule has 3 N–H and O–H groups in total. The third kappa shape index (κ3) is 4.71. The maximum absolute atomic E-state index is 13.1. The predicted octanol–water partition coefficient (Wildman–Crippen LogP) is 3.68. The van der Waals surface area contributed by atoms with Crippen molar-refractivity contribution in [1.82, 2.24) is 4.98 Å². The van der Waals surface area contributed by atoms with E-state index >= 15 is 0 Å². The molecular formula is C16H16ClF2N3O. The van der Waals surface area contributed by atoms with Crippen molar-refractivity contribution >= 4 is 23.2 Å². The Morgan fingerprint density at radius 3 is 2.70 bits per heavy atom. The lowest BCUT2D eigenvalue weighted by molar-refractivity contribution is -0.119. The molecular weight excluding hydrogens is 324 g/mol. The second-order valence-electron chi connectivity index (χ2n) is 5.26. The number of carbonyl (C=O) groups is 1. The molecule has 4 nitrogen and oxygen atoms in total. The third-order valence-electron chi connectivity index (χ3n) is 3.37. The van der Waals surface area contributed by atoms with Crippen LogP contribution in [0.15, 0.2) is 36.5 Å². The predicted molar refractivity (Wildman–Crippen MR) is 84.9 cm³/mol. The zero-order valence-electron chi connectivity index (χ0n) is 12.4. The van der Waals surface area contributed by atoms with Crippen LogP contribution in [0.1, 0.15) is 25.1 Å². The number of anilines is 1. The fourth-order valence-corrected chi connectivity index (χ4v) is 2.24. The number of nitrogens with one attached hydrogen (secondary N) is 1.